The van der Waals surface area contributed by atoms with Crippen LogP contribution in [-0.4, -0.2) is 21.4 Å². The van der Waals surface area contributed by atoms with Gasteiger partial charge in [-0.25, -0.2) is 20.0 Å². The van der Waals surface area contributed by atoms with E-state index in [-0.39, 0.29) is 12.1 Å². The van der Waals surface area contributed by atoms with Crippen LogP contribution in [-0.2, 0) is 0 Å². The van der Waals surface area contributed by atoms with E-state index in [1.807, 2.05) is 48.1 Å². The zero-order chi connectivity index (χ0) is 38.2. The highest BCUT2D eigenvalue weighted by Crippen LogP contribution is 2.45. The van der Waals surface area contributed by atoms with E-state index in [0.29, 0.717) is 10.0 Å². The van der Waals surface area contributed by atoms with Crippen molar-refractivity contribution in [3.8, 4) is 0 Å². The van der Waals surface area contributed by atoms with E-state index in [2.05, 4.69) is 79.7 Å². The molecule has 0 radical (unpaired) electrons. The van der Waals surface area contributed by atoms with Gasteiger partial charge < -0.3 is 0 Å². The van der Waals surface area contributed by atoms with Gasteiger partial charge in [0.25, 0.3) is 0 Å². The average molecular weight is 850 g/mol. The van der Waals surface area contributed by atoms with Crippen LogP contribution in [0, 0.1) is 13.8 Å². The van der Waals surface area contributed by atoms with E-state index < -0.39 is 0 Å². The minimum Gasteiger partial charge on any atom is -0.231 e. The molecule has 0 spiro atoms. The van der Waals surface area contributed by atoms with Gasteiger partial charge in [0.1, 0.15) is 0 Å². The lowest BCUT2D eigenvalue weighted by Crippen LogP contribution is -2.20. The lowest BCUT2D eigenvalue weighted by atomic mass is 9.96. The first-order valence-electron chi connectivity index (χ1n) is 17.5. The Balaban J connectivity index is 1.00. The number of hydrogen-bond donors (Lipinski definition) is 0. The second-order valence-corrected chi connectivity index (χ2v) is 17.7. The maximum atomic E-state index is 6.06. The predicted molar refractivity (Wildman–Crippen MR) is 233 cm³/mol. The summed E-state index contributed by atoms with van der Waals surface area (Å²) in [4.78, 5) is 12.2. The van der Waals surface area contributed by atoms with Gasteiger partial charge >= 0.3 is 0 Å². The largest absolute Gasteiger partial charge is 0.231 e. The van der Waals surface area contributed by atoms with Gasteiger partial charge in [-0.1, -0.05) is 82.3 Å². The second-order valence-electron chi connectivity index (χ2n) is 13.0. The van der Waals surface area contributed by atoms with E-state index in [9.17, 15) is 0 Å². The predicted octanol–water partition coefficient (Wildman–Crippen LogP) is 14.2. The molecule has 4 aromatic heterocycles. The number of aromatic nitrogens is 2. The molecule has 2 unspecified atom stereocenters. The summed E-state index contributed by atoms with van der Waals surface area (Å²) in [6.45, 7) is 3.91. The number of rotatable bonds is 10. The van der Waals surface area contributed by atoms with Crippen molar-refractivity contribution in [2.24, 2.45) is 30.7 Å². The summed E-state index contributed by atoms with van der Waals surface area (Å²) in [7, 11) is 0. The Labute approximate surface area is 348 Å². The second kappa shape index (κ2) is 15.9. The molecule has 0 saturated carbocycles. The number of hydrazone groups is 2. The molecule has 56 heavy (non-hydrogen) atoms. The zero-order valence-electron chi connectivity index (χ0n) is 29.8. The number of thiophene rings is 2. The van der Waals surface area contributed by atoms with Gasteiger partial charge in [-0.2, -0.15) is 10.2 Å². The molecule has 2 atom stereocenters. The summed E-state index contributed by atoms with van der Waals surface area (Å²) in [6.07, 6.45) is 1.49. The maximum absolute atomic E-state index is 6.06. The van der Waals surface area contributed by atoms with Crippen molar-refractivity contribution in [1.82, 2.24) is 9.97 Å². The molecule has 3 aromatic carbocycles. The topological polar surface area (TPSA) is 106 Å². The minimum atomic E-state index is -0.0551. The fraction of sp³-hybridized carbons (Fsp3) is 0.150. The van der Waals surface area contributed by atoms with Crippen LogP contribution in [0.1, 0.15) is 57.2 Å². The van der Waals surface area contributed by atoms with Crippen molar-refractivity contribution in [2.75, 3.05) is 10.0 Å². The molecular formula is C40H30Cl2N10S4. The summed E-state index contributed by atoms with van der Waals surface area (Å²) in [5, 5.41) is 40.8. The Kier molecular flexibility index (Phi) is 10.4. The summed E-state index contributed by atoms with van der Waals surface area (Å²) in [5.74, 6) is 0. The Morgan fingerprint density at radius 3 is 1.34 bits per heavy atom. The molecule has 16 heteroatoms. The fourth-order valence-electron chi connectivity index (χ4n) is 6.37. The molecule has 9 rings (SSSR count). The third kappa shape index (κ3) is 7.73. The number of hydrogen-bond acceptors (Lipinski definition) is 14. The van der Waals surface area contributed by atoms with Crippen LogP contribution in [0.15, 0.2) is 138 Å². The van der Waals surface area contributed by atoms with Gasteiger partial charge in [-0.15, -0.1) is 43.1 Å². The molecule has 0 fully saturated rings. The zero-order valence-corrected chi connectivity index (χ0v) is 34.6. The van der Waals surface area contributed by atoms with E-state index in [1.54, 1.807) is 46.9 Å². The number of aryl methyl sites for hydroxylation is 2. The molecule has 278 valence electrons. The Morgan fingerprint density at radius 1 is 0.554 bits per heavy atom. The number of thiazole rings is 2. The highest BCUT2D eigenvalue weighted by Gasteiger charge is 2.35. The van der Waals surface area contributed by atoms with E-state index in [4.69, 9.17) is 43.4 Å². The van der Waals surface area contributed by atoms with Crippen LogP contribution >= 0.6 is 68.5 Å². The molecule has 0 N–H and O–H groups in total. The Bertz CT molecular complexity index is 2410. The smallest absolute Gasteiger partial charge is 0.208 e. The van der Waals surface area contributed by atoms with Crippen LogP contribution in [0.3, 0.4) is 0 Å². The van der Waals surface area contributed by atoms with Crippen LogP contribution in [0.5, 0.6) is 0 Å². The molecule has 2 aliphatic rings. The molecule has 2 aliphatic heterocycles. The van der Waals surface area contributed by atoms with Crippen LogP contribution < -0.4 is 10.0 Å². The van der Waals surface area contributed by atoms with E-state index in [0.717, 1.165) is 88.2 Å². The Morgan fingerprint density at radius 2 is 0.964 bits per heavy atom. The lowest BCUT2D eigenvalue weighted by Gasteiger charge is -2.24. The molecule has 0 aliphatic carbocycles. The summed E-state index contributed by atoms with van der Waals surface area (Å²) >= 11 is 18.5. The van der Waals surface area contributed by atoms with E-state index in [1.165, 1.54) is 22.7 Å². The fourth-order valence-corrected chi connectivity index (χ4v) is 9.85. The van der Waals surface area contributed by atoms with Crippen molar-refractivity contribution >= 4 is 112 Å². The first kappa shape index (κ1) is 36.7. The van der Waals surface area contributed by atoms with Crippen molar-refractivity contribution < 1.29 is 0 Å². The van der Waals surface area contributed by atoms with Crippen molar-refractivity contribution in [3.05, 3.63) is 150 Å². The van der Waals surface area contributed by atoms with Gasteiger partial charge in [0.2, 0.25) is 10.3 Å². The minimum absolute atomic E-state index is 0.0551. The molecule has 7 aromatic rings. The first-order valence-corrected chi connectivity index (χ1v) is 21.7. The molecule has 0 saturated heterocycles. The van der Waals surface area contributed by atoms with Gasteiger partial charge in [0.15, 0.2) is 10.0 Å². The quantitative estimate of drug-likeness (QED) is 0.128. The molecule has 0 amide bonds. The Hall–Kier alpha value is -4.96. The van der Waals surface area contributed by atoms with Gasteiger partial charge in [-0.05, 0) is 96.4 Å². The van der Waals surface area contributed by atoms with Gasteiger partial charge in [-0.3, -0.25) is 0 Å². The number of azo groups is 2. The standard InChI is InChI=1S/C40H30Cl2N10S4/c1-23-37(47-45-29-15-11-27(41)12-16-29)55-39(43-23)51-33(21-31(49-51)35-5-3-19-53-35)25-7-9-26(10-8-25)34-22-32(36-6-4-20-54-36)50-52(34)40-44-24(2)38(56-40)48-46-30-17-13-28(42)14-18-30/h3-20,33-34H,21-22H2,1-2H3. The number of benzene rings is 3. The van der Waals surface area contributed by atoms with Crippen molar-refractivity contribution in [2.45, 2.75) is 38.8 Å². The SMILES string of the molecule is Cc1nc(N2N=C(c3cccs3)CC2c2ccc(C3CC(c4cccs4)=NN3c3nc(C)c(N=Nc4ccc(Cl)cc4)s3)cc2)sc1N=Nc1ccc(Cl)cc1. The van der Waals surface area contributed by atoms with Crippen LogP contribution in [0.2, 0.25) is 10.0 Å². The number of halogens is 2. The summed E-state index contributed by atoms with van der Waals surface area (Å²) in [5.41, 5.74) is 7.38. The summed E-state index contributed by atoms with van der Waals surface area (Å²) < 4.78 is 0. The third-order valence-corrected chi connectivity index (χ3v) is 13.6. The van der Waals surface area contributed by atoms with Crippen LogP contribution in [0.25, 0.3) is 0 Å². The number of nitrogens with zero attached hydrogens (tertiary/aromatic N) is 10. The number of anilines is 2. The lowest BCUT2D eigenvalue weighted by molar-refractivity contribution is 0.693. The monoisotopic (exact) mass is 848 g/mol. The molecule has 0 bridgehead atoms. The van der Waals surface area contributed by atoms with Crippen molar-refractivity contribution in [3.63, 3.8) is 0 Å². The highest BCUT2D eigenvalue weighted by atomic mass is 35.5. The first-order chi connectivity index (χ1) is 27.3. The average Bonchev–Trinajstić information content (AvgIpc) is 4.07. The molecule has 6 heterocycles. The molecule has 10 nitrogen and oxygen atoms in total. The third-order valence-electron chi connectivity index (χ3n) is 9.22. The van der Waals surface area contributed by atoms with Gasteiger partial charge in [0.05, 0.1) is 56.0 Å². The summed E-state index contributed by atoms with van der Waals surface area (Å²) in [6, 6.07) is 31.7. The molecular weight excluding hydrogens is 820 g/mol. The maximum Gasteiger partial charge on any atom is 0.208 e. The highest BCUT2D eigenvalue weighted by molar-refractivity contribution is 7.19. The van der Waals surface area contributed by atoms with Gasteiger partial charge in [0, 0.05) is 22.9 Å². The van der Waals surface area contributed by atoms with Crippen LogP contribution in [0.4, 0.5) is 31.6 Å². The van der Waals surface area contributed by atoms with Crippen molar-refractivity contribution in [1.29, 1.82) is 0 Å². The van der Waals surface area contributed by atoms with E-state index >= 15 is 0 Å². The normalized spacial score (nSPS) is 17.1.